The second-order valence-electron chi connectivity index (χ2n) is 1.96. The van der Waals surface area contributed by atoms with Crippen LogP contribution in [0.2, 0.25) is 0 Å². The molecule has 1 unspecified atom stereocenters. The first-order valence-electron chi connectivity index (χ1n) is 3.03. The molecule has 6 heteroatoms. The first kappa shape index (κ1) is 10.8. The Hall–Kier alpha value is -1.17. The highest BCUT2D eigenvalue weighted by Crippen LogP contribution is 1.81. The molecule has 1 atom stereocenters. The van der Waals surface area contributed by atoms with Crippen molar-refractivity contribution in [2.24, 2.45) is 10.7 Å². The molecule has 0 aromatic rings. The van der Waals surface area contributed by atoms with Crippen LogP contribution in [0.5, 0.6) is 0 Å². The highest BCUT2D eigenvalue weighted by atomic mass is 32.2. The second kappa shape index (κ2) is 5.48. The molecule has 0 aliphatic rings. The number of hydrogen-bond donors (Lipinski definition) is 2. The molecule has 0 aromatic heterocycles. The van der Waals surface area contributed by atoms with E-state index in [1.807, 2.05) is 0 Å². The van der Waals surface area contributed by atoms with Crippen LogP contribution in [0.15, 0.2) is 16.8 Å². The Morgan fingerprint density at radius 3 is 2.75 bits per heavy atom. The predicted octanol–water partition coefficient (Wildman–Crippen LogP) is -0.680. The molecule has 0 aliphatic heterocycles. The van der Waals surface area contributed by atoms with Crippen molar-refractivity contribution in [3.05, 3.63) is 11.8 Å². The summed E-state index contributed by atoms with van der Waals surface area (Å²) < 4.78 is 10.5. The lowest BCUT2D eigenvalue weighted by Crippen LogP contribution is -2.09. The van der Waals surface area contributed by atoms with Crippen LogP contribution >= 0.6 is 0 Å². The fourth-order valence-corrected chi connectivity index (χ4v) is 0.648. The molecule has 0 aromatic carbocycles. The van der Waals surface area contributed by atoms with Gasteiger partial charge in [-0.3, -0.25) is 9.20 Å². The molecular formula is C6H10N2O3S. The van der Waals surface area contributed by atoms with Crippen LogP contribution in [0.25, 0.3) is 0 Å². The van der Waals surface area contributed by atoms with Gasteiger partial charge < -0.3 is 10.8 Å². The molecule has 5 nitrogen and oxygen atoms in total. The first-order valence-corrected chi connectivity index (χ1v) is 4.75. The summed E-state index contributed by atoms with van der Waals surface area (Å²) in [4.78, 5) is 13.8. The van der Waals surface area contributed by atoms with Crippen LogP contribution in [0.4, 0.5) is 0 Å². The largest absolute Gasteiger partial charge is 0.477 e. The van der Waals surface area contributed by atoms with Crippen molar-refractivity contribution in [2.45, 2.75) is 0 Å². The van der Waals surface area contributed by atoms with E-state index in [0.717, 1.165) is 6.08 Å². The quantitative estimate of drug-likeness (QED) is 0.453. The zero-order valence-electron chi connectivity index (χ0n) is 6.56. The summed E-state index contributed by atoms with van der Waals surface area (Å²) in [7, 11) is -1.01. The van der Waals surface area contributed by atoms with E-state index >= 15 is 0 Å². The van der Waals surface area contributed by atoms with Crippen LogP contribution in [-0.4, -0.2) is 33.6 Å². The van der Waals surface area contributed by atoms with Gasteiger partial charge in [-0.1, -0.05) is 0 Å². The fourth-order valence-electron chi connectivity index (χ4n) is 0.352. The summed E-state index contributed by atoms with van der Waals surface area (Å²) in [6.45, 7) is 0. The zero-order chi connectivity index (χ0) is 9.56. The molecule has 0 heterocycles. The number of hydrogen-bond acceptors (Lipinski definition) is 4. The summed E-state index contributed by atoms with van der Waals surface area (Å²) in [5.74, 6) is -1.04. The molecule has 0 aliphatic carbocycles. The number of carboxylic acid groups (broad SMARTS) is 1. The van der Waals surface area contributed by atoms with E-state index < -0.39 is 16.8 Å². The fraction of sp³-hybridized carbons (Fsp3) is 0.333. The van der Waals surface area contributed by atoms with E-state index in [1.54, 1.807) is 0 Å². The molecule has 0 amide bonds. The zero-order valence-corrected chi connectivity index (χ0v) is 7.37. The second-order valence-corrected chi connectivity index (χ2v) is 3.37. The predicted molar refractivity (Wildman–Crippen MR) is 47.3 cm³/mol. The Morgan fingerprint density at radius 1 is 1.75 bits per heavy atom. The van der Waals surface area contributed by atoms with E-state index in [1.165, 1.54) is 12.5 Å². The van der Waals surface area contributed by atoms with Gasteiger partial charge in [0.25, 0.3) is 0 Å². The van der Waals surface area contributed by atoms with Gasteiger partial charge in [-0.2, -0.15) is 0 Å². The van der Waals surface area contributed by atoms with Crippen molar-refractivity contribution in [2.75, 3.05) is 12.1 Å². The molecule has 0 spiro atoms. The molecule has 0 saturated heterocycles. The number of aliphatic carboxylic acids is 1. The van der Waals surface area contributed by atoms with Gasteiger partial charge in [0.05, 0.1) is 0 Å². The Bertz CT molecular complexity index is 247. The lowest BCUT2D eigenvalue weighted by Gasteiger charge is -1.88. The van der Waals surface area contributed by atoms with E-state index in [0.29, 0.717) is 0 Å². The third kappa shape index (κ3) is 5.60. The van der Waals surface area contributed by atoms with Gasteiger partial charge in [0, 0.05) is 23.3 Å². The minimum Gasteiger partial charge on any atom is -0.477 e. The lowest BCUT2D eigenvalue weighted by molar-refractivity contribution is -0.132. The molecule has 0 fully saturated rings. The third-order valence-corrected chi connectivity index (χ3v) is 1.38. The molecule has 0 bridgehead atoms. The summed E-state index contributed by atoms with van der Waals surface area (Å²) in [6.07, 6.45) is 3.88. The standard InChI is InChI=1S/C6H10N2O3S/c1-12(11)4-8-3-2-5(7)6(9)10/h2-3H,4,7H2,1H3,(H,9,10)/b5-2-,8-3+. The first-order chi connectivity index (χ1) is 5.54. The Balaban J connectivity index is 3.95. The van der Waals surface area contributed by atoms with Gasteiger partial charge in [0.1, 0.15) is 11.6 Å². The van der Waals surface area contributed by atoms with Crippen LogP contribution < -0.4 is 5.73 Å². The van der Waals surface area contributed by atoms with Crippen LogP contribution in [-0.2, 0) is 15.6 Å². The SMILES string of the molecule is CS(=O)C/N=C/C=C(\N)C(=O)O. The average Bonchev–Trinajstić information content (AvgIpc) is 1.97. The van der Waals surface area contributed by atoms with Gasteiger partial charge >= 0.3 is 5.97 Å². The van der Waals surface area contributed by atoms with Crippen LogP contribution in [0, 0.1) is 0 Å². The third-order valence-electron chi connectivity index (χ3n) is 0.863. The highest BCUT2D eigenvalue weighted by Gasteiger charge is 1.96. The summed E-state index contributed by atoms with van der Waals surface area (Å²) in [5, 5.41) is 8.28. The molecule has 3 N–H and O–H groups in total. The minimum atomic E-state index is -1.20. The van der Waals surface area contributed by atoms with Crippen molar-refractivity contribution in [3.63, 3.8) is 0 Å². The molecule has 0 radical (unpaired) electrons. The van der Waals surface area contributed by atoms with Gasteiger partial charge in [-0.05, 0) is 6.08 Å². The van der Waals surface area contributed by atoms with Crippen molar-refractivity contribution < 1.29 is 14.1 Å². The number of nitrogens with zero attached hydrogens (tertiary/aromatic N) is 1. The number of aliphatic imine (C=N–C) groups is 1. The van der Waals surface area contributed by atoms with Crippen LogP contribution in [0.3, 0.4) is 0 Å². The van der Waals surface area contributed by atoms with Crippen molar-refractivity contribution >= 4 is 23.0 Å². The number of carboxylic acids is 1. The molecule has 12 heavy (non-hydrogen) atoms. The molecule has 0 rings (SSSR count). The van der Waals surface area contributed by atoms with Crippen molar-refractivity contribution in [1.82, 2.24) is 0 Å². The van der Waals surface area contributed by atoms with E-state index in [-0.39, 0.29) is 11.6 Å². The van der Waals surface area contributed by atoms with Gasteiger partial charge in [0.2, 0.25) is 0 Å². The number of rotatable bonds is 4. The summed E-state index contributed by atoms with van der Waals surface area (Å²) >= 11 is 0. The van der Waals surface area contributed by atoms with Crippen molar-refractivity contribution in [3.8, 4) is 0 Å². The maximum atomic E-state index is 10.5. The molecule has 0 saturated carbocycles. The number of allylic oxidation sites excluding steroid dienone is 1. The summed E-state index contributed by atoms with van der Waals surface area (Å²) in [6, 6.07) is 0. The van der Waals surface area contributed by atoms with Gasteiger partial charge in [-0.25, -0.2) is 4.79 Å². The van der Waals surface area contributed by atoms with Gasteiger partial charge in [-0.15, -0.1) is 0 Å². The average molecular weight is 190 g/mol. The van der Waals surface area contributed by atoms with Crippen molar-refractivity contribution in [1.29, 1.82) is 0 Å². The van der Waals surface area contributed by atoms with Gasteiger partial charge in [0.15, 0.2) is 0 Å². The normalized spacial score (nSPS) is 14.9. The Labute approximate surface area is 72.4 Å². The monoisotopic (exact) mass is 190 g/mol. The highest BCUT2D eigenvalue weighted by molar-refractivity contribution is 7.84. The Morgan fingerprint density at radius 2 is 2.33 bits per heavy atom. The minimum absolute atomic E-state index is 0.156. The maximum Gasteiger partial charge on any atom is 0.351 e. The Kier molecular flexibility index (Phi) is 4.94. The number of carbonyl (C=O) groups is 1. The maximum absolute atomic E-state index is 10.5. The topological polar surface area (TPSA) is 92.8 Å². The number of nitrogens with two attached hydrogens (primary N) is 1. The van der Waals surface area contributed by atoms with E-state index in [9.17, 15) is 9.00 Å². The molecule has 68 valence electrons. The van der Waals surface area contributed by atoms with E-state index in [2.05, 4.69) is 4.99 Å². The molecular weight excluding hydrogens is 180 g/mol. The smallest absolute Gasteiger partial charge is 0.351 e. The van der Waals surface area contributed by atoms with E-state index in [4.69, 9.17) is 10.8 Å². The lowest BCUT2D eigenvalue weighted by atomic mass is 10.4. The summed E-state index contributed by atoms with van der Waals surface area (Å²) in [5.41, 5.74) is 4.74. The van der Waals surface area contributed by atoms with Crippen LogP contribution in [0.1, 0.15) is 0 Å².